The zero-order chi connectivity index (χ0) is 34.4. The number of benzene rings is 9. The van der Waals surface area contributed by atoms with Crippen molar-refractivity contribution in [3.05, 3.63) is 170 Å². The molecule has 0 bridgehead atoms. The molecule has 13 rings (SSSR count). The Morgan fingerprint density at radius 1 is 0.358 bits per heavy atom. The molecule has 1 aliphatic carbocycles. The van der Waals surface area contributed by atoms with Gasteiger partial charge in [-0.3, -0.25) is 0 Å². The Bertz CT molecular complexity index is 3540. The highest BCUT2D eigenvalue weighted by molar-refractivity contribution is 6.29. The molecule has 53 heavy (non-hydrogen) atoms. The summed E-state index contributed by atoms with van der Waals surface area (Å²) in [5, 5.41) is 12.1. The van der Waals surface area contributed by atoms with Crippen LogP contribution in [0, 0.1) is 0 Å². The molecule has 244 valence electrons. The fourth-order valence-electron chi connectivity index (χ4n) is 9.62. The van der Waals surface area contributed by atoms with Crippen molar-refractivity contribution in [3.8, 4) is 33.6 Å². The van der Waals surface area contributed by atoms with E-state index < -0.39 is 0 Å². The summed E-state index contributed by atoms with van der Waals surface area (Å²) in [5.74, 6) is 0. The van der Waals surface area contributed by atoms with Gasteiger partial charge in [0.2, 0.25) is 0 Å². The van der Waals surface area contributed by atoms with Gasteiger partial charge in [0.25, 0.3) is 0 Å². The van der Waals surface area contributed by atoms with Crippen molar-refractivity contribution >= 4 is 87.1 Å². The van der Waals surface area contributed by atoms with E-state index in [1.807, 2.05) is 0 Å². The number of hydrogen-bond acceptors (Lipinski definition) is 1. The van der Waals surface area contributed by atoms with Crippen molar-refractivity contribution in [1.82, 2.24) is 9.13 Å². The third-order valence-electron chi connectivity index (χ3n) is 11.8. The molecule has 0 N–H and O–H groups in total. The van der Waals surface area contributed by atoms with E-state index in [-0.39, 0.29) is 0 Å². The predicted octanol–water partition coefficient (Wildman–Crippen LogP) is 13.7. The highest BCUT2D eigenvalue weighted by atomic mass is 16.3. The molecule has 0 saturated carbocycles. The summed E-state index contributed by atoms with van der Waals surface area (Å²) < 4.78 is 11.9. The molecule has 0 spiro atoms. The van der Waals surface area contributed by atoms with Crippen LogP contribution in [0.2, 0.25) is 0 Å². The first-order valence-corrected chi connectivity index (χ1v) is 18.3. The molecule has 0 aliphatic heterocycles. The van der Waals surface area contributed by atoms with Crippen LogP contribution < -0.4 is 0 Å². The van der Waals surface area contributed by atoms with Crippen LogP contribution in [0.5, 0.6) is 0 Å². The van der Waals surface area contributed by atoms with Crippen LogP contribution in [0.25, 0.3) is 121 Å². The molecular weight excluding hydrogens is 645 g/mol. The van der Waals surface area contributed by atoms with E-state index in [9.17, 15) is 0 Å². The molecule has 0 fully saturated rings. The Balaban J connectivity index is 1.28. The van der Waals surface area contributed by atoms with Gasteiger partial charge in [-0.2, -0.15) is 0 Å². The lowest BCUT2D eigenvalue weighted by atomic mass is 10.0. The molecule has 9 aromatic carbocycles. The number of aromatic nitrogens is 2. The van der Waals surface area contributed by atoms with Gasteiger partial charge >= 0.3 is 0 Å². The topological polar surface area (TPSA) is 23.0 Å². The maximum absolute atomic E-state index is 6.89. The van der Waals surface area contributed by atoms with E-state index in [1.165, 1.54) is 81.9 Å². The van der Waals surface area contributed by atoms with Crippen LogP contribution in [0.1, 0.15) is 0 Å². The van der Waals surface area contributed by atoms with Crippen LogP contribution in [-0.4, -0.2) is 9.13 Å². The molecule has 3 heteroatoms. The van der Waals surface area contributed by atoms with E-state index in [4.69, 9.17) is 4.42 Å². The monoisotopic (exact) mass is 672 g/mol. The van der Waals surface area contributed by atoms with Gasteiger partial charge in [0.15, 0.2) is 5.58 Å². The SMILES string of the molecule is c1ccc2c(c1)-c1cccc3c(-n4c5c(ccc6c7ccccc7oc65)c5ccc6c7ccccc7n(-c7ccc8ccccc8c7)c6c54)ccc-2c13. The summed E-state index contributed by atoms with van der Waals surface area (Å²) in [6.07, 6.45) is 0. The van der Waals surface area contributed by atoms with Crippen LogP contribution in [-0.2, 0) is 0 Å². The Morgan fingerprint density at radius 2 is 0.981 bits per heavy atom. The highest BCUT2D eigenvalue weighted by Gasteiger charge is 2.27. The molecule has 1 aliphatic rings. The highest BCUT2D eigenvalue weighted by Crippen LogP contribution is 2.51. The summed E-state index contributed by atoms with van der Waals surface area (Å²) in [6.45, 7) is 0. The molecule has 0 atom stereocenters. The largest absolute Gasteiger partial charge is 0.454 e. The van der Waals surface area contributed by atoms with Gasteiger partial charge < -0.3 is 13.6 Å². The van der Waals surface area contributed by atoms with Gasteiger partial charge in [-0.15, -0.1) is 0 Å². The van der Waals surface area contributed by atoms with Crippen LogP contribution in [0.3, 0.4) is 0 Å². The number of hydrogen-bond donors (Lipinski definition) is 0. The van der Waals surface area contributed by atoms with Gasteiger partial charge in [0, 0.05) is 43.4 Å². The third-order valence-corrected chi connectivity index (χ3v) is 11.8. The van der Waals surface area contributed by atoms with Crippen LogP contribution in [0.15, 0.2) is 174 Å². The Hall–Kier alpha value is -7.10. The first-order chi connectivity index (χ1) is 26.3. The fourth-order valence-corrected chi connectivity index (χ4v) is 9.62. The average Bonchev–Trinajstić information content (AvgIpc) is 3.95. The average molecular weight is 673 g/mol. The summed E-state index contributed by atoms with van der Waals surface area (Å²) >= 11 is 0. The van der Waals surface area contributed by atoms with Crippen molar-refractivity contribution in [2.24, 2.45) is 0 Å². The zero-order valence-electron chi connectivity index (χ0n) is 28.5. The van der Waals surface area contributed by atoms with E-state index in [1.54, 1.807) is 0 Å². The van der Waals surface area contributed by atoms with E-state index >= 15 is 0 Å². The normalized spacial score (nSPS) is 12.5. The molecular formula is C50H28N2O. The van der Waals surface area contributed by atoms with Crippen LogP contribution in [0.4, 0.5) is 0 Å². The lowest BCUT2D eigenvalue weighted by molar-refractivity contribution is 0.671. The smallest absolute Gasteiger partial charge is 0.160 e. The van der Waals surface area contributed by atoms with Gasteiger partial charge in [0.1, 0.15) is 5.58 Å². The number of rotatable bonds is 2. The number of para-hydroxylation sites is 2. The molecule has 0 radical (unpaired) electrons. The van der Waals surface area contributed by atoms with E-state index in [0.717, 1.165) is 38.8 Å². The predicted molar refractivity (Wildman–Crippen MR) is 222 cm³/mol. The number of nitrogens with zero attached hydrogens (tertiary/aromatic N) is 2. The molecule has 0 amide bonds. The standard InChI is InChI=1S/C50H28N2O/c1-2-11-30-28-31(21-20-29(30)10-1)51-43-18-7-5-14-34(43)38-22-23-39-40-24-25-41-35-15-6-8-19-45(35)53-50(41)49(40)52(48(39)47(38)51)44-27-26-37-33-13-4-3-12-32(33)36-16-9-17-42(44)46(36)37/h1-28H. The second-order valence-corrected chi connectivity index (χ2v) is 14.4. The summed E-state index contributed by atoms with van der Waals surface area (Å²) in [7, 11) is 0. The Kier molecular flexibility index (Phi) is 5.11. The minimum absolute atomic E-state index is 0.901. The lowest BCUT2D eigenvalue weighted by Crippen LogP contribution is -2.00. The quantitative estimate of drug-likeness (QED) is 0.179. The van der Waals surface area contributed by atoms with Crippen molar-refractivity contribution in [1.29, 1.82) is 0 Å². The molecule has 3 heterocycles. The summed E-state index contributed by atoms with van der Waals surface area (Å²) in [4.78, 5) is 0. The van der Waals surface area contributed by atoms with Gasteiger partial charge in [-0.1, -0.05) is 133 Å². The molecule has 3 nitrogen and oxygen atoms in total. The van der Waals surface area contributed by atoms with Crippen molar-refractivity contribution in [3.63, 3.8) is 0 Å². The van der Waals surface area contributed by atoms with Crippen LogP contribution >= 0.6 is 0 Å². The second-order valence-electron chi connectivity index (χ2n) is 14.4. The number of fused-ring (bicyclic) bond motifs is 15. The van der Waals surface area contributed by atoms with E-state index in [0.29, 0.717) is 0 Å². The molecule has 0 saturated heterocycles. The lowest BCUT2D eigenvalue weighted by Gasteiger charge is -2.15. The van der Waals surface area contributed by atoms with Gasteiger partial charge in [-0.25, -0.2) is 0 Å². The first-order valence-electron chi connectivity index (χ1n) is 18.3. The van der Waals surface area contributed by atoms with Gasteiger partial charge in [0.05, 0.1) is 27.8 Å². The first kappa shape index (κ1) is 27.6. The third kappa shape index (κ3) is 3.44. The summed E-state index contributed by atoms with van der Waals surface area (Å²) in [5.41, 5.74) is 13.9. The Morgan fingerprint density at radius 3 is 1.85 bits per heavy atom. The number of furan rings is 1. The minimum atomic E-state index is 0.901. The zero-order valence-corrected chi connectivity index (χ0v) is 28.5. The minimum Gasteiger partial charge on any atom is -0.454 e. The van der Waals surface area contributed by atoms with Gasteiger partial charge in [-0.05, 0) is 74.8 Å². The van der Waals surface area contributed by atoms with Crippen molar-refractivity contribution < 1.29 is 4.42 Å². The summed E-state index contributed by atoms with van der Waals surface area (Å²) in [6, 6.07) is 62.3. The fraction of sp³-hybridized carbons (Fsp3) is 0. The molecule has 0 unspecified atom stereocenters. The van der Waals surface area contributed by atoms with E-state index in [2.05, 4.69) is 179 Å². The maximum atomic E-state index is 6.89. The van der Waals surface area contributed by atoms with Crippen molar-refractivity contribution in [2.45, 2.75) is 0 Å². The molecule has 3 aromatic heterocycles. The second kappa shape index (κ2) is 9.81. The Labute approximate surface area is 303 Å². The van der Waals surface area contributed by atoms with Crippen molar-refractivity contribution in [2.75, 3.05) is 0 Å². The molecule has 12 aromatic rings. The maximum Gasteiger partial charge on any atom is 0.160 e.